The summed E-state index contributed by atoms with van der Waals surface area (Å²) in [5, 5.41) is 17.4. The summed E-state index contributed by atoms with van der Waals surface area (Å²) in [4.78, 5) is 24.6. The van der Waals surface area contributed by atoms with Gasteiger partial charge in [-0.3, -0.25) is 4.79 Å². The number of ether oxygens (including phenoxy) is 1. The summed E-state index contributed by atoms with van der Waals surface area (Å²) in [5.74, 6) is -2.60. The van der Waals surface area contributed by atoms with Crippen LogP contribution in [0.15, 0.2) is 17.1 Å². The fraction of sp³-hybridized carbons (Fsp3) is 0.353. The van der Waals surface area contributed by atoms with Crippen molar-refractivity contribution in [1.29, 1.82) is 5.26 Å². The molecule has 0 unspecified atom stereocenters. The average molecular weight is 361 g/mol. The Morgan fingerprint density at radius 3 is 2.62 bits per heavy atom. The summed E-state index contributed by atoms with van der Waals surface area (Å²) in [6.07, 6.45) is 0.952. The number of carbonyl (C=O) groups is 1. The van der Waals surface area contributed by atoms with Crippen LogP contribution in [0.3, 0.4) is 0 Å². The number of hydrogen-bond donors (Lipinski definition) is 1. The van der Waals surface area contributed by atoms with Crippen LogP contribution in [0.4, 0.5) is 19.3 Å². The second-order valence-electron chi connectivity index (χ2n) is 6.48. The Kier molecular flexibility index (Phi) is 3.57. The monoisotopic (exact) mass is 361 g/mol. The lowest BCUT2D eigenvalue weighted by Crippen LogP contribution is -2.47. The van der Waals surface area contributed by atoms with Gasteiger partial charge in [-0.15, -0.1) is 0 Å². The van der Waals surface area contributed by atoms with Crippen molar-refractivity contribution in [3.63, 3.8) is 0 Å². The Labute approximate surface area is 145 Å². The molecular weight excluding hydrogens is 348 g/mol. The molecule has 0 amide bonds. The molecule has 2 fully saturated rings. The summed E-state index contributed by atoms with van der Waals surface area (Å²) in [5.41, 5.74) is -1.24. The first-order valence-electron chi connectivity index (χ1n) is 8.03. The van der Waals surface area contributed by atoms with Gasteiger partial charge < -0.3 is 19.3 Å². The van der Waals surface area contributed by atoms with Crippen molar-refractivity contribution >= 4 is 22.7 Å². The van der Waals surface area contributed by atoms with Gasteiger partial charge in [0.25, 0.3) is 0 Å². The first kappa shape index (κ1) is 16.3. The number of carboxylic acid groups (broad SMARTS) is 1. The molecule has 0 radical (unpaired) electrons. The fourth-order valence-corrected chi connectivity index (χ4v) is 3.25. The van der Waals surface area contributed by atoms with E-state index in [1.54, 1.807) is 0 Å². The van der Waals surface area contributed by atoms with E-state index in [1.165, 1.54) is 9.47 Å². The number of anilines is 1. The maximum Gasteiger partial charge on any atom is 0.511 e. The van der Waals surface area contributed by atoms with E-state index in [9.17, 15) is 14.0 Å². The third-order valence-corrected chi connectivity index (χ3v) is 4.67. The minimum atomic E-state index is -1.68. The van der Waals surface area contributed by atoms with Crippen molar-refractivity contribution in [3.8, 4) is 11.8 Å². The Hall–Kier alpha value is -3.15. The van der Waals surface area contributed by atoms with Crippen molar-refractivity contribution in [2.75, 3.05) is 18.0 Å². The zero-order valence-corrected chi connectivity index (χ0v) is 13.4. The summed E-state index contributed by atoms with van der Waals surface area (Å²) < 4.78 is 35.6. The highest BCUT2D eigenvalue weighted by Crippen LogP contribution is 2.41. The van der Waals surface area contributed by atoms with Crippen molar-refractivity contribution in [1.82, 2.24) is 4.57 Å². The van der Waals surface area contributed by atoms with E-state index >= 15 is 4.39 Å². The highest BCUT2D eigenvalue weighted by Gasteiger charge is 2.34. The Morgan fingerprint density at radius 2 is 2.04 bits per heavy atom. The molecule has 9 heteroatoms. The lowest BCUT2D eigenvalue weighted by Gasteiger charge is -2.37. The molecule has 134 valence electrons. The first-order chi connectivity index (χ1) is 12.4. The third kappa shape index (κ3) is 2.45. The molecule has 2 heterocycles. The van der Waals surface area contributed by atoms with Gasteiger partial charge in [0.1, 0.15) is 11.5 Å². The Bertz CT molecular complexity index is 1030. The number of benzene rings is 1. The van der Waals surface area contributed by atoms with Crippen molar-refractivity contribution in [2.24, 2.45) is 5.92 Å². The molecule has 1 aromatic heterocycles. The van der Waals surface area contributed by atoms with Crippen LogP contribution >= 0.6 is 0 Å². The lowest BCUT2D eigenvalue weighted by molar-refractivity contribution is 0.143. The third-order valence-electron chi connectivity index (χ3n) is 4.67. The molecule has 2 aliphatic rings. The van der Waals surface area contributed by atoms with Gasteiger partial charge in [-0.25, -0.2) is 13.6 Å². The largest absolute Gasteiger partial charge is 0.511 e. The molecule has 0 bridgehead atoms. The predicted molar refractivity (Wildman–Crippen MR) is 86.4 cm³/mol. The summed E-state index contributed by atoms with van der Waals surface area (Å²) in [7, 11) is 0. The molecule has 2 aromatic rings. The van der Waals surface area contributed by atoms with Crippen molar-refractivity contribution < 1.29 is 23.4 Å². The van der Waals surface area contributed by atoms with E-state index in [0.29, 0.717) is 0 Å². The molecule has 1 N–H and O–H groups in total. The molecule has 7 nitrogen and oxygen atoms in total. The van der Waals surface area contributed by atoms with Gasteiger partial charge in [0.15, 0.2) is 11.6 Å². The molecule has 1 saturated carbocycles. The molecule has 4 rings (SSSR count). The normalized spacial score (nSPS) is 17.0. The van der Waals surface area contributed by atoms with E-state index in [2.05, 4.69) is 4.74 Å². The van der Waals surface area contributed by atoms with Gasteiger partial charge in [0.2, 0.25) is 5.43 Å². The molecule has 1 aliphatic carbocycles. The molecule has 1 saturated heterocycles. The number of rotatable bonds is 3. The number of halogens is 2. The van der Waals surface area contributed by atoms with E-state index in [-0.39, 0.29) is 41.6 Å². The number of fused-ring (bicyclic) bond motifs is 1. The van der Waals surface area contributed by atoms with Crippen LogP contribution in [0.2, 0.25) is 0 Å². The van der Waals surface area contributed by atoms with Crippen molar-refractivity contribution in [3.05, 3.63) is 34.1 Å². The van der Waals surface area contributed by atoms with Crippen LogP contribution in [0.1, 0.15) is 18.9 Å². The maximum atomic E-state index is 15.2. The topological polar surface area (TPSA) is 95.6 Å². The van der Waals surface area contributed by atoms with Gasteiger partial charge >= 0.3 is 6.16 Å². The van der Waals surface area contributed by atoms with Gasteiger partial charge in [0.05, 0.1) is 29.1 Å². The standard InChI is InChI=1S/C17H13F2N3O4/c18-11-3-10-14(13(19)15(11)21-5-8(4-20)6-21)22(9-1-2-9)7-12(16(10)23)26-17(24)25/h3,7-9H,1-2,5-6H2,(H,24,25). The second kappa shape index (κ2) is 5.69. The first-order valence-corrected chi connectivity index (χ1v) is 8.03. The number of nitriles is 1. The summed E-state index contributed by atoms with van der Waals surface area (Å²) in [6.45, 7) is 0.424. The zero-order valence-electron chi connectivity index (χ0n) is 13.4. The number of pyridine rings is 1. The Balaban J connectivity index is 1.94. The molecule has 0 atom stereocenters. The van der Waals surface area contributed by atoms with E-state index < -0.39 is 29.0 Å². The maximum absolute atomic E-state index is 15.2. The predicted octanol–water partition coefficient (Wildman–Crippen LogP) is 2.63. The van der Waals surface area contributed by atoms with E-state index in [1.807, 2.05) is 6.07 Å². The van der Waals surface area contributed by atoms with Gasteiger partial charge in [0, 0.05) is 19.1 Å². The zero-order chi connectivity index (χ0) is 18.6. The van der Waals surface area contributed by atoms with E-state index in [4.69, 9.17) is 10.4 Å². The molecular formula is C17H13F2N3O4. The number of aromatic nitrogens is 1. The molecule has 0 spiro atoms. The summed E-state index contributed by atoms with van der Waals surface area (Å²) in [6, 6.07) is 2.84. The fourth-order valence-electron chi connectivity index (χ4n) is 3.25. The van der Waals surface area contributed by atoms with Gasteiger partial charge in [-0.2, -0.15) is 5.26 Å². The number of nitrogens with zero attached hydrogens (tertiary/aromatic N) is 3. The summed E-state index contributed by atoms with van der Waals surface area (Å²) >= 11 is 0. The minimum Gasteiger partial charge on any atom is -0.449 e. The van der Waals surface area contributed by atoms with Crippen LogP contribution < -0.4 is 15.1 Å². The molecule has 1 aliphatic heterocycles. The van der Waals surface area contributed by atoms with Crippen LogP contribution in [-0.4, -0.2) is 28.9 Å². The van der Waals surface area contributed by atoms with Gasteiger partial charge in [-0.1, -0.05) is 0 Å². The minimum absolute atomic E-state index is 0.0768. The van der Waals surface area contributed by atoms with Crippen LogP contribution in [0.25, 0.3) is 10.9 Å². The highest BCUT2D eigenvalue weighted by molar-refractivity contribution is 5.86. The lowest BCUT2D eigenvalue weighted by atomic mass is 10.00. The second-order valence-corrected chi connectivity index (χ2v) is 6.48. The number of hydrogen-bond acceptors (Lipinski definition) is 5. The van der Waals surface area contributed by atoms with Crippen molar-refractivity contribution in [2.45, 2.75) is 18.9 Å². The van der Waals surface area contributed by atoms with Gasteiger partial charge in [-0.05, 0) is 18.9 Å². The smallest absolute Gasteiger partial charge is 0.449 e. The quantitative estimate of drug-likeness (QED) is 0.845. The average Bonchev–Trinajstić information content (AvgIpc) is 3.36. The SMILES string of the molecule is N#CC1CN(c2c(F)cc3c(=O)c(OC(=O)O)cn(C4CC4)c3c2F)C1. The highest BCUT2D eigenvalue weighted by atomic mass is 19.1. The van der Waals surface area contributed by atoms with E-state index in [0.717, 1.165) is 25.1 Å². The molecule has 26 heavy (non-hydrogen) atoms. The van der Waals surface area contributed by atoms with Crippen LogP contribution in [0, 0.1) is 28.9 Å². The van der Waals surface area contributed by atoms with Crippen LogP contribution in [0.5, 0.6) is 5.75 Å². The Morgan fingerprint density at radius 1 is 1.35 bits per heavy atom. The van der Waals surface area contributed by atoms with Crippen LogP contribution in [-0.2, 0) is 0 Å². The molecule has 1 aromatic carbocycles.